The number of aromatic amines is 1. The fourth-order valence-electron chi connectivity index (χ4n) is 3.99. The number of piperidine rings is 3. The van der Waals surface area contributed by atoms with Crippen molar-refractivity contribution in [3.8, 4) is 17.1 Å². The highest BCUT2D eigenvalue weighted by atomic mass is 35.5. The van der Waals surface area contributed by atoms with Crippen molar-refractivity contribution in [2.75, 3.05) is 19.6 Å². The van der Waals surface area contributed by atoms with Crippen molar-refractivity contribution in [3.05, 3.63) is 41.6 Å². The molecule has 1 aromatic carbocycles. The maximum Gasteiger partial charge on any atom is 0.233 e. The number of hydrogen-bond acceptors (Lipinski definition) is 4. The zero-order chi connectivity index (χ0) is 16.8. The Labute approximate surface area is 151 Å². The van der Waals surface area contributed by atoms with E-state index in [0.717, 1.165) is 28.7 Å². The van der Waals surface area contributed by atoms with E-state index in [-0.39, 0.29) is 6.10 Å². The van der Waals surface area contributed by atoms with Crippen LogP contribution < -0.4 is 4.74 Å². The van der Waals surface area contributed by atoms with Crippen LogP contribution in [0.5, 0.6) is 5.88 Å². The molecule has 1 N–H and O–H groups in total. The maximum absolute atomic E-state index is 6.12. The molecule has 6 heteroatoms. The highest BCUT2D eigenvalue weighted by Gasteiger charge is 2.35. The van der Waals surface area contributed by atoms with Crippen LogP contribution in [0.2, 0.25) is 5.15 Å². The predicted octanol–water partition coefficient (Wildman–Crippen LogP) is 3.75. The smallest absolute Gasteiger partial charge is 0.233 e. The Balaban J connectivity index is 1.35. The predicted molar refractivity (Wildman–Crippen MR) is 97.9 cm³/mol. The summed E-state index contributed by atoms with van der Waals surface area (Å²) in [6.45, 7) is 3.43. The quantitative estimate of drug-likeness (QED) is 0.778. The Hall–Kier alpha value is -2.11. The van der Waals surface area contributed by atoms with Crippen LogP contribution in [0.4, 0.5) is 0 Å². The molecule has 0 saturated carbocycles. The van der Waals surface area contributed by atoms with E-state index in [1.54, 1.807) is 0 Å². The third-order valence-electron chi connectivity index (χ3n) is 5.39. The highest BCUT2D eigenvalue weighted by Crippen LogP contribution is 2.30. The number of nitrogens with one attached hydrogen (secondary N) is 1. The fourth-order valence-corrected chi connectivity index (χ4v) is 4.21. The lowest BCUT2D eigenvalue weighted by Crippen LogP contribution is -2.52. The summed E-state index contributed by atoms with van der Waals surface area (Å²) in [5.41, 5.74) is 2.87. The first kappa shape index (κ1) is 15.2. The Morgan fingerprint density at radius 2 is 1.96 bits per heavy atom. The van der Waals surface area contributed by atoms with E-state index in [4.69, 9.17) is 16.3 Å². The third-order valence-corrected chi connectivity index (χ3v) is 5.60. The summed E-state index contributed by atoms with van der Waals surface area (Å²) >= 11 is 6.02. The summed E-state index contributed by atoms with van der Waals surface area (Å²) in [7, 11) is 0. The molecule has 0 unspecified atom stereocenters. The van der Waals surface area contributed by atoms with Crippen molar-refractivity contribution >= 4 is 22.5 Å². The van der Waals surface area contributed by atoms with E-state index in [2.05, 4.69) is 26.1 Å². The van der Waals surface area contributed by atoms with E-state index >= 15 is 0 Å². The zero-order valence-electron chi connectivity index (χ0n) is 13.8. The molecule has 0 amide bonds. The molecule has 3 aliphatic heterocycles. The number of halogens is 1. The monoisotopic (exact) mass is 354 g/mol. The Morgan fingerprint density at radius 3 is 2.68 bits per heavy atom. The Morgan fingerprint density at radius 1 is 1.08 bits per heavy atom. The van der Waals surface area contributed by atoms with Crippen molar-refractivity contribution in [2.45, 2.75) is 18.9 Å². The summed E-state index contributed by atoms with van der Waals surface area (Å²) in [5, 5.41) is 10.4. The van der Waals surface area contributed by atoms with Gasteiger partial charge in [-0.3, -0.25) is 4.90 Å². The second-order valence-electron chi connectivity index (χ2n) is 6.97. The third kappa shape index (κ3) is 2.87. The van der Waals surface area contributed by atoms with Gasteiger partial charge in [0.15, 0.2) is 0 Å². The number of H-pyrrole nitrogens is 1. The molecule has 6 rings (SSSR count). The van der Waals surface area contributed by atoms with Gasteiger partial charge in [0.1, 0.15) is 11.3 Å². The SMILES string of the molecule is Clc1cc2cc(-c3ccc(O[C@H]4CN5CCC4CC5)nn3)ccc2[nH]1. The van der Waals surface area contributed by atoms with Crippen LogP contribution in [-0.2, 0) is 0 Å². The first-order chi connectivity index (χ1) is 12.2. The number of aromatic nitrogens is 3. The molecule has 0 spiro atoms. The van der Waals surface area contributed by atoms with Gasteiger partial charge in [-0.05, 0) is 56.1 Å². The van der Waals surface area contributed by atoms with Crippen LogP contribution in [0.25, 0.3) is 22.2 Å². The molecule has 3 aliphatic rings. The van der Waals surface area contributed by atoms with Gasteiger partial charge >= 0.3 is 0 Å². The molecule has 0 radical (unpaired) electrons. The van der Waals surface area contributed by atoms with Crippen molar-refractivity contribution in [1.82, 2.24) is 20.1 Å². The van der Waals surface area contributed by atoms with Crippen molar-refractivity contribution in [2.24, 2.45) is 5.92 Å². The molecule has 0 aliphatic carbocycles. The second kappa shape index (κ2) is 6.00. The van der Waals surface area contributed by atoms with Gasteiger partial charge in [0.05, 0.1) is 5.69 Å². The number of hydrogen-bond donors (Lipinski definition) is 1. The van der Waals surface area contributed by atoms with Crippen LogP contribution >= 0.6 is 11.6 Å². The molecular weight excluding hydrogens is 336 g/mol. The minimum absolute atomic E-state index is 0.251. The van der Waals surface area contributed by atoms with Gasteiger partial charge in [-0.15, -0.1) is 10.2 Å². The van der Waals surface area contributed by atoms with Crippen LogP contribution in [0, 0.1) is 5.92 Å². The number of nitrogens with zero attached hydrogens (tertiary/aromatic N) is 3. The van der Waals surface area contributed by atoms with Crippen molar-refractivity contribution in [1.29, 1.82) is 0 Å². The fraction of sp³-hybridized carbons (Fsp3) is 0.368. The molecule has 3 fully saturated rings. The largest absolute Gasteiger partial charge is 0.472 e. The summed E-state index contributed by atoms with van der Waals surface area (Å²) in [5.74, 6) is 1.28. The lowest BCUT2D eigenvalue weighted by molar-refractivity contribution is -0.0103. The van der Waals surface area contributed by atoms with E-state index in [1.165, 1.54) is 25.9 Å². The van der Waals surface area contributed by atoms with Crippen molar-refractivity contribution in [3.63, 3.8) is 0 Å². The number of ether oxygens (including phenoxy) is 1. The van der Waals surface area contributed by atoms with Gasteiger partial charge in [-0.25, -0.2) is 0 Å². The minimum Gasteiger partial charge on any atom is -0.472 e. The molecule has 128 valence electrons. The molecule has 5 nitrogen and oxygen atoms in total. The van der Waals surface area contributed by atoms with E-state index in [9.17, 15) is 0 Å². The van der Waals surface area contributed by atoms with E-state index < -0.39 is 0 Å². The normalized spacial score (nSPS) is 25.4. The summed E-state index contributed by atoms with van der Waals surface area (Å²) in [6, 6.07) is 11.9. The first-order valence-electron chi connectivity index (χ1n) is 8.76. The highest BCUT2D eigenvalue weighted by molar-refractivity contribution is 6.30. The van der Waals surface area contributed by atoms with Gasteiger partial charge in [-0.2, -0.15) is 0 Å². The topological polar surface area (TPSA) is 54.0 Å². The second-order valence-corrected chi connectivity index (χ2v) is 7.38. The van der Waals surface area contributed by atoms with Crippen LogP contribution in [0.1, 0.15) is 12.8 Å². The molecule has 2 aromatic heterocycles. The lowest BCUT2D eigenvalue weighted by atomic mass is 9.86. The van der Waals surface area contributed by atoms with Crippen LogP contribution in [0.15, 0.2) is 36.4 Å². The molecule has 5 heterocycles. The lowest BCUT2D eigenvalue weighted by Gasteiger charge is -2.44. The van der Waals surface area contributed by atoms with Gasteiger partial charge in [0.25, 0.3) is 0 Å². The van der Waals surface area contributed by atoms with Crippen molar-refractivity contribution < 1.29 is 4.74 Å². The molecule has 25 heavy (non-hydrogen) atoms. The Kier molecular flexibility index (Phi) is 3.64. The maximum atomic E-state index is 6.12. The summed E-state index contributed by atoms with van der Waals surface area (Å²) in [6.07, 6.45) is 2.71. The minimum atomic E-state index is 0.251. The van der Waals surface area contributed by atoms with E-state index in [1.807, 2.05) is 30.3 Å². The van der Waals surface area contributed by atoms with E-state index in [0.29, 0.717) is 17.0 Å². The average molecular weight is 355 g/mol. The summed E-state index contributed by atoms with van der Waals surface area (Å²) in [4.78, 5) is 5.59. The molecule has 3 saturated heterocycles. The molecule has 3 aromatic rings. The van der Waals surface area contributed by atoms with Gasteiger partial charge in [-0.1, -0.05) is 17.7 Å². The molecule has 1 atom stereocenters. The van der Waals surface area contributed by atoms with Crippen LogP contribution in [-0.4, -0.2) is 45.8 Å². The molecule has 2 bridgehead atoms. The standard InChI is InChI=1S/C19H19ClN4O/c20-18-10-14-9-13(1-2-15(14)21-18)16-3-4-19(23-22-16)25-17-11-24-7-5-12(17)6-8-24/h1-4,9-10,12,17,21H,5-8,11H2/t17-/m0/s1. The van der Waals surface area contributed by atoms with Gasteiger partial charge in [0, 0.05) is 29.1 Å². The molecular formula is C19H19ClN4O. The first-order valence-corrected chi connectivity index (χ1v) is 9.14. The number of fused-ring (bicyclic) bond motifs is 4. The van der Waals surface area contributed by atoms with Gasteiger partial charge < -0.3 is 9.72 Å². The summed E-state index contributed by atoms with van der Waals surface area (Å²) < 4.78 is 6.12. The zero-order valence-corrected chi connectivity index (χ0v) is 14.5. The number of benzene rings is 1. The Bertz CT molecular complexity index is 899. The average Bonchev–Trinajstić information content (AvgIpc) is 3.02. The van der Waals surface area contributed by atoms with Gasteiger partial charge in [0.2, 0.25) is 5.88 Å². The number of rotatable bonds is 3. The van der Waals surface area contributed by atoms with Crippen LogP contribution in [0.3, 0.4) is 0 Å².